The Balaban J connectivity index is 1.35. The molecule has 5 N–H and O–H groups in total. The average Bonchev–Trinajstić information content (AvgIpc) is 3.38. The van der Waals surface area contributed by atoms with Crippen molar-refractivity contribution >= 4 is 17.7 Å². The number of aliphatic hydroxyl groups excluding tert-OH is 4. The average molecular weight is 575 g/mol. The molecule has 10 atom stereocenters. The third kappa shape index (κ3) is 5.55. The maximum atomic E-state index is 13.1. The van der Waals surface area contributed by atoms with Crippen LogP contribution in [0.2, 0.25) is 0 Å². The van der Waals surface area contributed by atoms with Gasteiger partial charge < -0.3 is 44.5 Å². The number of hydrogen-bond acceptors (Lipinski definition) is 12. The molecule has 2 aliphatic carbocycles. The lowest BCUT2D eigenvalue weighted by Gasteiger charge is -2.41. The van der Waals surface area contributed by atoms with Crippen LogP contribution in [0.15, 0.2) is 47.1 Å². The van der Waals surface area contributed by atoms with E-state index in [1.807, 2.05) is 0 Å². The van der Waals surface area contributed by atoms with Gasteiger partial charge in [0.15, 0.2) is 18.2 Å². The fourth-order valence-electron chi connectivity index (χ4n) is 6.29. The number of allylic oxidation sites excluding steroid dienone is 1. The maximum Gasteiger partial charge on any atom is 0.310 e. The van der Waals surface area contributed by atoms with Gasteiger partial charge in [-0.15, -0.1) is 0 Å². The fraction of sp³-hybridized carbons (Fsp3) is 0.552. The molecule has 0 bridgehead atoms. The number of phenolic OH excluding ortho intramolecular Hbond substituents is 1. The highest BCUT2D eigenvalue weighted by atomic mass is 16.7. The fourth-order valence-corrected chi connectivity index (χ4v) is 6.29. The van der Waals surface area contributed by atoms with Crippen LogP contribution < -0.4 is 0 Å². The van der Waals surface area contributed by atoms with Gasteiger partial charge in [-0.3, -0.25) is 14.4 Å². The van der Waals surface area contributed by atoms with Gasteiger partial charge in [0.2, 0.25) is 0 Å². The predicted octanol–water partition coefficient (Wildman–Crippen LogP) is -0.314. The Morgan fingerprint density at radius 2 is 1.80 bits per heavy atom. The summed E-state index contributed by atoms with van der Waals surface area (Å²) in [5.41, 5.74) is 2.10. The first-order chi connectivity index (χ1) is 19.5. The van der Waals surface area contributed by atoms with Crippen LogP contribution in [0.25, 0.3) is 0 Å². The number of aromatic hydroxyl groups is 1. The van der Waals surface area contributed by atoms with E-state index in [2.05, 4.69) is 0 Å². The summed E-state index contributed by atoms with van der Waals surface area (Å²) in [7, 11) is 0. The summed E-state index contributed by atoms with van der Waals surface area (Å²) in [6.07, 6.45) is -7.68. The van der Waals surface area contributed by atoms with Crippen molar-refractivity contribution in [2.75, 3.05) is 13.2 Å². The molecule has 2 fully saturated rings. The molecule has 12 nitrogen and oxygen atoms in total. The highest BCUT2D eigenvalue weighted by molar-refractivity contribution is 6.09. The summed E-state index contributed by atoms with van der Waals surface area (Å²) in [5.74, 6) is -3.27. The molecule has 2 heterocycles. The van der Waals surface area contributed by atoms with Gasteiger partial charge in [0, 0.05) is 17.4 Å². The molecule has 5 rings (SSSR count). The minimum Gasteiger partial charge on any atom is -0.508 e. The van der Waals surface area contributed by atoms with Crippen LogP contribution in [0.1, 0.15) is 25.8 Å². The molecule has 0 amide bonds. The summed E-state index contributed by atoms with van der Waals surface area (Å²) < 4.78 is 22.7. The van der Waals surface area contributed by atoms with Crippen molar-refractivity contribution in [1.29, 1.82) is 0 Å². The van der Waals surface area contributed by atoms with Crippen molar-refractivity contribution in [1.82, 2.24) is 0 Å². The lowest BCUT2D eigenvalue weighted by molar-refractivity contribution is -0.302. The van der Waals surface area contributed by atoms with Crippen LogP contribution in [0, 0.1) is 17.8 Å². The van der Waals surface area contributed by atoms with Crippen molar-refractivity contribution < 1.29 is 58.9 Å². The smallest absolute Gasteiger partial charge is 0.310 e. The van der Waals surface area contributed by atoms with E-state index in [0.717, 1.165) is 0 Å². The zero-order chi connectivity index (χ0) is 29.6. The summed E-state index contributed by atoms with van der Waals surface area (Å²) in [6, 6.07) is 5.87. The van der Waals surface area contributed by atoms with Crippen molar-refractivity contribution in [2.45, 2.75) is 69.6 Å². The van der Waals surface area contributed by atoms with Crippen molar-refractivity contribution in [3.63, 3.8) is 0 Å². The van der Waals surface area contributed by atoms with Gasteiger partial charge in [0.05, 0.1) is 31.7 Å². The Morgan fingerprint density at radius 1 is 1.10 bits per heavy atom. The third-order valence-corrected chi connectivity index (χ3v) is 8.41. The predicted molar refractivity (Wildman–Crippen MR) is 138 cm³/mol. The van der Waals surface area contributed by atoms with Crippen LogP contribution >= 0.6 is 0 Å². The number of aliphatic hydroxyl groups is 4. The molecule has 0 radical (unpaired) electrons. The zero-order valence-electron chi connectivity index (χ0n) is 22.6. The number of rotatable bonds is 7. The van der Waals surface area contributed by atoms with Crippen molar-refractivity contribution in [3.8, 4) is 5.75 Å². The number of fused-ring (bicyclic) bond motifs is 3. The molecule has 1 aromatic carbocycles. The SMILES string of the molecule is CC1=C2C(=O)C=C(CO[C@@H]3O[C@H](CO)[C@@H](O)[C@H](O)[C@H]3OC(=O)Cc3ccc(O)cc3)[C@@H]2[C@H]2OC(=O)[C@@H](C)[C@@H]2[C@@H](O)C1. The van der Waals surface area contributed by atoms with Crippen LogP contribution in [0.5, 0.6) is 5.75 Å². The molecule has 12 heteroatoms. The molecule has 0 aromatic heterocycles. The van der Waals surface area contributed by atoms with Gasteiger partial charge >= 0.3 is 11.9 Å². The maximum absolute atomic E-state index is 13.1. The van der Waals surface area contributed by atoms with Crippen LogP contribution in [-0.2, 0) is 39.8 Å². The van der Waals surface area contributed by atoms with Crippen LogP contribution in [0.4, 0.5) is 0 Å². The third-order valence-electron chi connectivity index (χ3n) is 8.41. The highest BCUT2D eigenvalue weighted by Crippen LogP contribution is 2.48. The molecule has 2 saturated heterocycles. The molecule has 222 valence electrons. The number of carbonyl (C=O) groups is 3. The molecule has 0 saturated carbocycles. The van der Waals surface area contributed by atoms with E-state index < -0.39 is 79.2 Å². The summed E-state index contributed by atoms with van der Waals surface area (Å²) in [4.78, 5) is 38.2. The van der Waals surface area contributed by atoms with E-state index in [0.29, 0.717) is 22.3 Å². The Kier molecular flexibility index (Phi) is 8.33. The normalized spacial score (nSPS) is 36.8. The van der Waals surface area contributed by atoms with Gasteiger partial charge in [-0.2, -0.15) is 0 Å². The molecule has 41 heavy (non-hydrogen) atoms. The second-order valence-corrected chi connectivity index (χ2v) is 11.1. The van der Waals surface area contributed by atoms with E-state index in [1.54, 1.807) is 13.8 Å². The Labute approximate surface area is 235 Å². The quantitative estimate of drug-likeness (QED) is 0.268. The second-order valence-electron chi connectivity index (χ2n) is 11.1. The first-order valence-corrected chi connectivity index (χ1v) is 13.5. The Morgan fingerprint density at radius 3 is 2.49 bits per heavy atom. The monoisotopic (exact) mass is 574 g/mol. The molecule has 0 unspecified atom stereocenters. The van der Waals surface area contributed by atoms with Crippen LogP contribution in [0.3, 0.4) is 0 Å². The molecule has 2 aliphatic heterocycles. The van der Waals surface area contributed by atoms with E-state index in [9.17, 15) is 39.9 Å². The number of carbonyl (C=O) groups excluding carboxylic acids is 3. The number of phenols is 1. The van der Waals surface area contributed by atoms with E-state index >= 15 is 0 Å². The standard InChI is InChI=1S/C29H34O12/c1-12-7-17(32)22-13(2)28(37)41-26(22)23-15(9-18(33)21(12)23)11-38-29-27(25(36)24(35)19(10-30)39-29)40-20(34)8-14-3-5-16(31)6-4-14/h3-6,9,13,17,19,22-27,29-32,35-36H,7-8,10-11H2,1-2H3/t13-,17-,19+,22+,23-,24+,25-,26-,27+,29+/m0/s1. The lowest BCUT2D eigenvalue weighted by Crippen LogP contribution is -2.60. The van der Waals surface area contributed by atoms with Gasteiger partial charge in [0.25, 0.3) is 0 Å². The number of ether oxygens (including phenoxy) is 4. The van der Waals surface area contributed by atoms with E-state index in [-0.39, 0.29) is 31.0 Å². The summed E-state index contributed by atoms with van der Waals surface area (Å²) >= 11 is 0. The number of hydrogen-bond donors (Lipinski definition) is 5. The van der Waals surface area contributed by atoms with Crippen molar-refractivity contribution in [2.24, 2.45) is 17.8 Å². The van der Waals surface area contributed by atoms with Crippen LogP contribution in [-0.4, -0.2) is 99.4 Å². The number of esters is 2. The second kappa shape index (κ2) is 11.6. The minimum absolute atomic E-state index is 0.0223. The largest absolute Gasteiger partial charge is 0.508 e. The van der Waals surface area contributed by atoms with Gasteiger partial charge in [-0.1, -0.05) is 24.6 Å². The molecule has 0 spiro atoms. The first-order valence-electron chi connectivity index (χ1n) is 13.5. The number of benzene rings is 1. The molecule has 4 aliphatic rings. The van der Waals surface area contributed by atoms with Gasteiger partial charge in [-0.05, 0) is 42.7 Å². The Hall–Kier alpha value is -3.13. The summed E-state index contributed by atoms with van der Waals surface area (Å²) in [5, 5.41) is 51.2. The minimum atomic E-state index is -1.67. The van der Waals surface area contributed by atoms with Gasteiger partial charge in [0.1, 0.15) is 30.2 Å². The molecular weight excluding hydrogens is 540 g/mol. The lowest BCUT2D eigenvalue weighted by atomic mass is 9.79. The van der Waals surface area contributed by atoms with Gasteiger partial charge in [-0.25, -0.2) is 0 Å². The topological polar surface area (TPSA) is 189 Å². The number of ketones is 1. The molecule has 1 aromatic rings. The van der Waals surface area contributed by atoms with E-state index in [1.165, 1.54) is 30.3 Å². The van der Waals surface area contributed by atoms with Crippen molar-refractivity contribution in [3.05, 3.63) is 52.6 Å². The molecular formula is C29H34O12. The summed E-state index contributed by atoms with van der Waals surface area (Å²) in [6.45, 7) is 2.53. The highest BCUT2D eigenvalue weighted by Gasteiger charge is 2.55. The first kappa shape index (κ1) is 29.4. The van der Waals surface area contributed by atoms with E-state index in [4.69, 9.17) is 18.9 Å². The zero-order valence-corrected chi connectivity index (χ0v) is 22.6. The Bertz CT molecular complexity index is 1250.